The van der Waals surface area contributed by atoms with E-state index >= 15 is 0 Å². The van der Waals surface area contributed by atoms with Crippen molar-refractivity contribution in [2.75, 3.05) is 0 Å². The molecule has 0 N–H and O–H groups in total. The Balaban J connectivity index is 3.04. The van der Waals surface area contributed by atoms with Gasteiger partial charge in [0.1, 0.15) is 5.82 Å². The Bertz CT molecular complexity index is 336. The molecule has 0 amide bonds. The number of hydrogen-bond acceptors (Lipinski definition) is 1. The number of nitriles is 1. The molecule has 0 unspecified atom stereocenters. The molecule has 0 spiro atoms. The fourth-order valence-corrected chi connectivity index (χ4v) is 0.938. The number of allylic oxidation sites excluding steroid dienone is 1. The topological polar surface area (TPSA) is 23.8 Å². The van der Waals surface area contributed by atoms with Crippen molar-refractivity contribution in [3.8, 4) is 6.07 Å². The van der Waals surface area contributed by atoms with E-state index in [1.807, 2.05) is 6.07 Å². The Morgan fingerprint density at radius 2 is 2.33 bits per heavy atom. The molecule has 0 aliphatic heterocycles. The summed E-state index contributed by atoms with van der Waals surface area (Å²) in [5, 5.41) is 8.45. The van der Waals surface area contributed by atoms with Crippen LogP contribution in [0.15, 0.2) is 30.9 Å². The van der Waals surface area contributed by atoms with Gasteiger partial charge >= 0.3 is 0 Å². The summed E-state index contributed by atoms with van der Waals surface area (Å²) in [5.41, 5.74) is 0.921. The highest BCUT2D eigenvalue weighted by Crippen LogP contribution is 2.10. The van der Waals surface area contributed by atoms with E-state index in [-0.39, 0.29) is 5.82 Å². The van der Waals surface area contributed by atoms with E-state index in [1.54, 1.807) is 18.2 Å². The highest BCUT2D eigenvalue weighted by Gasteiger charge is 2.00. The lowest BCUT2D eigenvalue weighted by Gasteiger charge is -1.98. The third kappa shape index (κ3) is 1.70. The molecule has 0 saturated carbocycles. The van der Waals surface area contributed by atoms with Crippen molar-refractivity contribution in [3.05, 3.63) is 47.8 Å². The fraction of sp³-hybridized carbons (Fsp3) is 0.100. The highest BCUT2D eigenvalue weighted by molar-refractivity contribution is 5.33. The van der Waals surface area contributed by atoms with Crippen molar-refractivity contribution >= 4 is 0 Å². The normalized spacial score (nSPS) is 9.00. The molecule has 2 heteroatoms. The van der Waals surface area contributed by atoms with Crippen molar-refractivity contribution in [2.45, 2.75) is 6.42 Å². The van der Waals surface area contributed by atoms with E-state index in [0.29, 0.717) is 17.5 Å². The minimum absolute atomic E-state index is 0.339. The molecule has 0 aliphatic carbocycles. The summed E-state index contributed by atoms with van der Waals surface area (Å²) in [6.45, 7) is 3.51. The average molecular weight is 161 g/mol. The minimum Gasteiger partial charge on any atom is -0.207 e. The van der Waals surface area contributed by atoms with Crippen LogP contribution in [-0.2, 0) is 6.42 Å². The summed E-state index contributed by atoms with van der Waals surface area (Å²) in [6, 6.07) is 6.31. The molecule has 0 bridgehead atoms. The Morgan fingerprint density at radius 1 is 1.58 bits per heavy atom. The van der Waals surface area contributed by atoms with Gasteiger partial charge < -0.3 is 0 Å². The van der Waals surface area contributed by atoms with Gasteiger partial charge in [0.05, 0.1) is 11.6 Å². The van der Waals surface area contributed by atoms with Crippen LogP contribution in [0.5, 0.6) is 0 Å². The monoisotopic (exact) mass is 161 g/mol. The van der Waals surface area contributed by atoms with Gasteiger partial charge in [-0.1, -0.05) is 12.1 Å². The lowest BCUT2D eigenvalue weighted by molar-refractivity contribution is 0.614. The van der Waals surface area contributed by atoms with Crippen LogP contribution in [-0.4, -0.2) is 0 Å². The summed E-state index contributed by atoms with van der Waals surface area (Å²) in [6.07, 6.45) is 2.13. The second-order valence-electron chi connectivity index (χ2n) is 2.41. The Labute approximate surface area is 70.8 Å². The van der Waals surface area contributed by atoms with Gasteiger partial charge in [0.15, 0.2) is 0 Å². The molecule has 0 radical (unpaired) electrons. The zero-order valence-electron chi connectivity index (χ0n) is 6.55. The second kappa shape index (κ2) is 3.68. The summed E-state index contributed by atoms with van der Waals surface area (Å²) < 4.78 is 13.0. The number of rotatable bonds is 2. The molecule has 0 aliphatic rings. The van der Waals surface area contributed by atoms with Crippen molar-refractivity contribution in [1.29, 1.82) is 5.26 Å². The van der Waals surface area contributed by atoms with E-state index in [2.05, 4.69) is 6.58 Å². The van der Waals surface area contributed by atoms with E-state index in [4.69, 9.17) is 5.26 Å². The van der Waals surface area contributed by atoms with Crippen molar-refractivity contribution < 1.29 is 4.39 Å². The van der Waals surface area contributed by atoms with Gasteiger partial charge in [-0.05, 0) is 24.1 Å². The van der Waals surface area contributed by atoms with Crippen LogP contribution in [0, 0.1) is 17.1 Å². The Kier molecular flexibility index (Phi) is 2.60. The summed E-state index contributed by atoms with van der Waals surface area (Å²) in [4.78, 5) is 0. The number of nitrogens with zero attached hydrogens (tertiary/aromatic N) is 1. The standard InChI is InChI=1S/C10H8FN/c1-2-3-9-5-4-8(7-12)6-10(9)11/h2,4-6H,1,3H2. The maximum Gasteiger partial charge on any atom is 0.128 e. The van der Waals surface area contributed by atoms with Gasteiger partial charge in [-0.25, -0.2) is 4.39 Å². The van der Waals surface area contributed by atoms with Crippen LogP contribution < -0.4 is 0 Å². The van der Waals surface area contributed by atoms with E-state index in [0.717, 1.165) is 0 Å². The lowest BCUT2D eigenvalue weighted by Crippen LogP contribution is -1.88. The summed E-state index contributed by atoms with van der Waals surface area (Å²) in [5.74, 6) is -0.339. The first-order valence-corrected chi connectivity index (χ1v) is 3.57. The van der Waals surface area contributed by atoms with Gasteiger partial charge in [-0.3, -0.25) is 0 Å². The van der Waals surface area contributed by atoms with Crippen LogP contribution in [0.4, 0.5) is 4.39 Å². The van der Waals surface area contributed by atoms with Crippen LogP contribution in [0.2, 0.25) is 0 Å². The number of halogens is 1. The quantitative estimate of drug-likeness (QED) is 0.611. The molecular formula is C10H8FN. The largest absolute Gasteiger partial charge is 0.207 e. The first kappa shape index (κ1) is 8.48. The van der Waals surface area contributed by atoms with Gasteiger partial charge in [-0.15, -0.1) is 6.58 Å². The van der Waals surface area contributed by atoms with Crippen molar-refractivity contribution in [3.63, 3.8) is 0 Å². The molecule has 0 atom stereocenters. The first-order chi connectivity index (χ1) is 5.77. The molecular weight excluding hydrogens is 153 g/mol. The first-order valence-electron chi connectivity index (χ1n) is 3.57. The summed E-state index contributed by atoms with van der Waals surface area (Å²) in [7, 11) is 0. The maximum absolute atomic E-state index is 13.0. The van der Waals surface area contributed by atoms with Gasteiger partial charge in [0.25, 0.3) is 0 Å². The summed E-state index contributed by atoms with van der Waals surface area (Å²) >= 11 is 0. The lowest BCUT2D eigenvalue weighted by atomic mass is 10.1. The molecule has 1 nitrogen and oxygen atoms in total. The SMILES string of the molecule is C=CCc1ccc(C#N)cc1F. The highest BCUT2D eigenvalue weighted by atomic mass is 19.1. The molecule has 60 valence electrons. The predicted molar refractivity (Wildman–Crippen MR) is 45.0 cm³/mol. The van der Waals surface area contributed by atoms with Gasteiger partial charge in [0, 0.05) is 0 Å². The Morgan fingerprint density at radius 3 is 2.83 bits per heavy atom. The van der Waals surface area contributed by atoms with Crippen LogP contribution in [0.3, 0.4) is 0 Å². The smallest absolute Gasteiger partial charge is 0.128 e. The van der Waals surface area contributed by atoms with Crippen LogP contribution >= 0.6 is 0 Å². The molecule has 0 saturated heterocycles. The molecule has 0 aromatic heterocycles. The average Bonchev–Trinajstić information content (AvgIpc) is 2.09. The molecule has 1 aromatic rings. The third-order valence-electron chi connectivity index (χ3n) is 1.55. The van der Waals surface area contributed by atoms with Crippen LogP contribution in [0.1, 0.15) is 11.1 Å². The van der Waals surface area contributed by atoms with Crippen molar-refractivity contribution in [2.24, 2.45) is 0 Å². The van der Waals surface area contributed by atoms with E-state index in [1.165, 1.54) is 6.07 Å². The Hall–Kier alpha value is -1.62. The number of hydrogen-bond donors (Lipinski definition) is 0. The number of benzene rings is 1. The zero-order chi connectivity index (χ0) is 8.97. The second-order valence-corrected chi connectivity index (χ2v) is 2.41. The van der Waals surface area contributed by atoms with Gasteiger partial charge in [-0.2, -0.15) is 5.26 Å². The third-order valence-corrected chi connectivity index (χ3v) is 1.55. The molecule has 12 heavy (non-hydrogen) atoms. The van der Waals surface area contributed by atoms with Gasteiger partial charge in [0.2, 0.25) is 0 Å². The van der Waals surface area contributed by atoms with E-state index < -0.39 is 0 Å². The zero-order valence-corrected chi connectivity index (χ0v) is 6.55. The molecule has 0 heterocycles. The van der Waals surface area contributed by atoms with Crippen LogP contribution in [0.25, 0.3) is 0 Å². The van der Waals surface area contributed by atoms with E-state index in [9.17, 15) is 4.39 Å². The maximum atomic E-state index is 13.0. The molecule has 1 aromatic carbocycles. The molecule has 0 fully saturated rings. The fourth-order valence-electron chi connectivity index (χ4n) is 0.938. The predicted octanol–water partition coefficient (Wildman–Crippen LogP) is 2.43. The molecule has 1 rings (SSSR count). The minimum atomic E-state index is -0.339. The van der Waals surface area contributed by atoms with Crippen molar-refractivity contribution in [1.82, 2.24) is 0 Å².